The molecule has 0 fully saturated rings. The van der Waals surface area contributed by atoms with Gasteiger partial charge in [-0.3, -0.25) is 0 Å². The zero-order chi connectivity index (χ0) is 16.1. The van der Waals surface area contributed by atoms with E-state index in [1.54, 1.807) is 12.1 Å². The molecule has 0 aliphatic carbocycles. The average Bonchev–Trinajstić information content (AvgIpc) is 3.01. The Bertz CT molecular complexity index is 782. The lowest BCUT2D eigenvalue weighted by molar-refractivity contribution is 0.0436. The van der Waals surface area contributed by atoms with E-state index in [9.17, 15) is 4.79 Å². The van der Waals surface area contributed by atoms with Crippen LogP contribution < -0.4 is 0 Å². The van der Waals surface area contributed by atoms with Crippen molar-refractivity contribution in [3.05, 3.63) is 60.0 Å². The molecule has 1 heterocycles. The molecule has 0 atom stereocenters. The molecule has 2 aromatic carbocycles. The molecular formula is C17H15NO4S. The maximum absolute atomic E-state index is 12.2. The summed E-state index contributed by atoms with van der Waals surface area (Å²) >= 11 is 1.41. The Morgan fingerprint density at radius 2 is 1.96 bits per heavy atom. The van der Waals surface area contributed by atoms with E-state index >= 15 is 0 Å². The summed E-state index contributed by atoms with van der Waals surface area (Å²) in [6, 6.07) is 14.5. The maximum Gasteiger partial charge on any atom is 0.339 e. The van der Waals surface area contributed by atoms with E-state index < -0.39 is 5.97 Å². The number of hydrogen-bond donors (Lipinski definition) is 1. The molecule has 0 bridgehead atoms. The van der Waals surface area contributed by atoms with Gasteiger partial charge in [0, 0.05) is 10.6 Å². The lowest BCUT2D eigenvalue weighted by atomic mass is 10.2. The van der Waals surface area contributed by atoms with Gasteiger partial charge in [-0.25, -0.2) is 9.78 Å². The van der Waals surface area contributed by atoms with Crippen LogP contribution in [0.5, 0.6) is 0 Å². The molecular weight excluding hydrogens is 314 g/mol. The Hall–Kier alpha value is -2.31. The number of aliphatic hydroxyl groups excluding tert-OH is 1. The van der Waals surface area contributed by atoms with Gasteiger partial charge in [-0.05, 0) is 24.3 Å². The van der Waals surface area contributed by atoms with E-state index in [4.69, 9.17) is 14.3 Å². The molecule has 3 aromatic rings. The molecule has 23 heavy (non-hydrogen) atoms. The lowest BCUT2D eigenvalue weighted by Gasteiger charge is -2.07. The van der Waals surface area contributed by atoms with Crippen LogP contribution in [0.25, 0.3) is 11.1 Å². The molecule has 0 saturated carbocycles. The SMILES string of the molecule is O=C(OCc1nc2ccccc2o1)c1ccccc1SCCO. The highest BCUT2D eigenvalue weighted by Gasteiger charge is 2.14. The molecule has 0 radical (unpaired) electrons. The molecule has 0 amide bonds. The van der Waals surface area contributed by atoms with Crippen molar-refractivity contribution in [2.24, 2.45) is 0 Å². The fourth-order valence-electron chi connectivity index (χ4n) is 2.10. The Labute approximate surface area is 137 Å². The topological polar surface area (TPSA) is 72.6 Å². The van der Waals surface area contributed by atoms with Crippen LogP contribution in [-0.4, -0.2) is 28.4 Å². The molecule has 0 spiro atoms. The number of carbonyl (C=O) groups excluding carboxylic acids is 1. The van der Waals surface area contributed by atoms with Gasteiger partial charge in [0.2, 0.25) is 5.89 Å². The summed E-state index contributed by atoms with van der Waals surface area (Å²) < 4.78 is 10.8. The van der Waals surface area contributed by atoms with Crippen LogP contribution in [0.1, 0.15) is 16.2 Å². The third kappa shape index (κ3) is 3.72. The first kappa shape index (κ1) is 15.6. The first-order valence-corrected chi connectivity index (χ1v) is 8.11. The van der Waals surface area contributed by atoms with Crippen LogP contribution >= 0.6 is 11.8 Å². The standard InChI is InChI=1S/C17H15NO4S/c19-9-10-23-15-8-4-1-5-12(15)17(20)21-11-16-18-13-6-2-3-7-14(13)22-16/h1-8,19H,9-11H2. The molecule has 5 nitrogen and oxygen atoms in total. The Morgan fingerprint density at radius 1 is 1.17 bits per heavy atom. The summed E-state index contributed by atoms with van der Waals surface area (Å²) in [4.78, 5) is 17.3. The number of nitrogens with zero attached hydrogens (tertiary/aromatic N) is 1. The molecule has 0 unspecified atom stereocenters. The van der Waals surface area contributed by atoms with Crippen LogP contribution in [0.3, 0.4) is 0 Å². The van der Waals surface area contributed by atoms with Gasteiger partial charge >= 0.3 is 5.97 Å². The van der Waals surface area contributed by atoms with Crippen LogP contribution in [0, 0.1) is 0 Å². The molecule has 1 N–H and O–H groups in total. The minimum Gasteiger partial charge on any atom is -0.452 e. The first-order chi connectivity index (χ1) is 11.3. The van der Waals surface area contributed by atoms with Crippen molar-refractivity contribution in [1.29, 1.82) is 0 Å². The monoisotopic (exact) mass is 329 g/mol. The van der Waals surface area contributed by atoms with E-state index in [-0.39, 0.29) is 13.2 Å². The van der Waals surface area contributed by atoms with E-state index in [2.05, 4.69) is 4.98 Å². The lowest BCUT2D eigenvalue weighted by Crippen LogP contribution is -2.07. The predicted octanol–water partition coefficient (Wildman–Crippen LogP) is 3.27. The fraction of sp³-hybridized carbons (Fsp3) is 0.176. The van der Waals surface area contributed by atoms with E-state index in [1.165, 1.54) is 11.8 Å². The quantitative estimate of drug-likeness (QED) is 0.553. The summed E-state index contributed by atoms with van der Waals surface area (Å²) in [6.45, 7) is 0.0312. The summed E-state index contributed by atoms with van der Waals surface area (Å²) in [6.07, 6.45) is 0. The number of aromatic nitrogens is 1. The molecule has 3 rings (SSSR count). The van der Waals surface area contributed by atoms with Gasteiger partial charge in [0.05, 0.1) is 12.2 Å². The number of thioether (sulfide) groups is 1. The van der Waals surface area contributed by atoms with Crippen LogP contribution in [-0.2, 0) is 11.3 Å². The number of aliphatic hydroxyl groups is 1. The highest BCUT2D eigenvalue weighted by molar-refractivity contribution is 7.99. The van der Waals surface area contributed by atoms with Gasteiger partial charge < -0.3 is 14.3 Å². The van der Waals surface area contributed by atoms with Gasteiger partial charge in [-0.2, -0.15) is 0 Å². The number of fused-ring (bicyclic) bond motifs is 1. The van der Waals surface area contributed by atoms with Gasteiger partial charge in [-0.15, -0.1) is 11.8 Å². The highest BCUT2D eigenvalue weighted by Crippen LogP contribution is 2.23. The summed E-state index contributed by atoms with van der Waals surface area (Å²) in [7, 11) is 0. The highest BCUT2D eigenvalue weighted by atomic mass is 32.2. The molecule has 1 aromatic heterocycles. The number of para-hydroxylation sites is 2. The van der Waals surface area contributed by atoms with Crippen LogP contribution in [0.2, 0.25) is 0 Å². The van der Waals surface area contributed by atoms with Crippen molar-refractivity contribution >= 4 is 28.8 Å². The number of carbonyl (C=O) groups is 1. The first-order valence-electron chi connectivity index (χ1n) is 7.12. The fourth-order valence-corrected chi connectivity index (χ4v) is 2.90. The second-order valence-electron chi connectivity index (χ2n) is 4.72. The number of ether oxygens (including phenoxy) is 1. The Balaban J connectivity index is 1.69. The van der Waals surface area contributed by atoms with Crippen LogP contribution in [0.15, 0.2) is 57.8 Å². The van der Waals surface area contributed by atoms with Crippen molar-refractivity contribution < 1.29 is 19.1 Å². The Kier molecular flexibility index (Phi) is 4.95. The number of oxazole rings is 1. The zero-order valence-corrected chi connectivity index (χ0v) is 13.1. The van der Waals surface area contributed by atoms with E-state index in [0.717, 1.165) is 10.4 Å². The second kappa shape index (κ2) is 7.30. The smallest absolute Gasteiger partial charge is 0.339 e. The van der Waals surface area contributed by atoms with E-state index in [0.29, 0.717) is 22.8 Å². The van der Waals surface area contributed by atoms with Crippen molar-refractivity contribution in [3.63, 3.8) is 0 Å². The number of hydrogen-bond acceptors (Lipinski definition) is 6. The Morgan fingerprint density at radius 3 is 2.78 bits per heavy atom. The predicted molar refractivity (Wildman–Crippen MR) is 87.4 cm³/mol. The number of benzene rings is 2. The van der Waals surface area contributed by atoms with Crippen LogP contribution in [0.4, 0.5) is 0 Å². The van der Waals surface area contributed by atoms with Crippen molar-refractivity contribution in [2.45, 2.75) is 11.5 Å². The molecule has 0 saturated heterocycles. The number of rotatable bonds is 6. The third-order valence-corrected chi connectivity index (χ3v) is 4.17. The summed E-state index contributed by atoms with van der Waals surface area (Å²) in [5.41, 5.74) is 1.87. The van der Waals surface area contributed by atoms with Crippen molar-refractivity contribution in [1.82, 2.24) is 4.98 Å². The van der Waals surface area contributed by atoms with E-state index in [1.807, 2.05) is 36.4 Å². The van der Waals surface area contributed by atoms with Crippen molar-refractivity contribution in [2.75, 3.05) is 12.4 Å². The summed E-state index contributed by atoms with van der Waals surface area (Å²) in [5.74, 6) is 0.448. The van der Waals surface area contributed by atoms with Gasteiger partial charge in [-0.1, -0.05) is 24.3 Å². The largest absolute Gasteiger partial charge is 0.452 e. The van der Waals surface area contributed by atoms with Gasteiger partial charge in [0.1, 0.15) is 5.52 Å². The van der Waals surface area contributed by atoms with Crippen molar-refractivity contribution in [3.8, 4) is 0 Å². The van der Waals surface area contributed by atoms with Gasteiger partial charge in [0.25, 0.3) is 0 Å². The molecule has 0 aliphatic heterocycles. The molecule has 6 heteroatoms. The maximum atomic E-state index is 12.2. The zero-order valence-electron chi connectivity index (χ0n) is 12.3. The third-order valence-electron chi connectivity index (χ3n) is 3.12. The summed E-state index contributed by atoms with van der Waals surface area (Å²) in [5, 5.41) is 8.92. The minimum absolute atomic E-state index is 0.0213. The second-order valence-corrected chi connectivity index (χ2v) is 5.86. The average molecular weight is 329 g/mol. The number of esters is 1. The normalized spacial score (nSPS) is 10.8. The minimum atomic E-state index is -0.437. The van der Waals surface area contributed by atoms with Gasteiger partial charge in [0.15, 0.2) is 12.2 Å². The molecule has 0 aliphatic rings. The molecule has 118 valence electrons.